The Labute approximate surface area is 109 Å². The summed E-state index contributed by atoms with van der Waals surface area (Å²) in [6.45, 7) is 4.68. The molecule has 0 aromatic carbocycles. The number of rotatable bonds is 7. The molecule has 6 nitrogen and oxygen atoms in total. The molecule has 18 heavy (non-hydrogen) atoms. The molecule has 1 rings (SSSR count). The number of sulfonamides is 1. The molecule has 0 bridgehead atoms. The number of ether oxygens (including phenoxy) is 1. The Morgan fingerprint density at radius 2 is 2.22 bits per heavy atom. The fourth-order valence-electron chi connectivity index (χ4n) is 1.89. The molecule has 1 N–H and O–H groups in total. The Bertz CT molecular complexity index is 369. The minimum atomic E-state index is -3.30. The van der Waals surface area contributed by atoms with Crippen LogP contribution >= 0.6 is 0 Å². The van der Waals surface area contributed by atoms with E-state index in [1.165, 1.54) is 0 Å². The molecular weight excluding hydrogens is 256 g/mol. The molecule has 0 aliphatic carbocycles. The summed E-state index contributed by atoms with van der Waals surface area (Å²) in [4.78, 5) is 13.4. The van der Waals surface area contributed by atoms with Gasteiger partial charge in [0.1, 0.15) is 0 Å². The molecule has 1 fully saturated rings. The van der Waals surface area contributed by atoms with Crippen LogP contribution < -0.4 is 4.72 Å². The minimum absolute atomic E-state index is 0.151. The van der Waals surface area contributed by atoms with Gasteiger partial charge in [-0.25, -0.2) is 13.1 Å². The lowest BCUT2D eigenvalue weighted by Crippen LogP contribution is -2.38. The molecule has 1 aliphatic heterocycles. The van der Waals surface area contributed by atoms with E-state index in [9.17, 15) is 13.2 Å². The van der Waals surface area contributed by atoms with E-state index in [0.717, 1.165) is 25.7 Å². The van der Waals surface area contributed by atoms with Gasteiger partial charge in [0.25, 0.3) is 0 Å². The largest absolute Gasteiger partial charge is 0.381 e. The van der Waals surface area contributed by atoms with Gasteiger partial charge in [-0.15, -0.1) is 0 Å². The molecule has 1 heterocycles. The SMILES string of the molecule is CCCOC[C@H]1CCN(C(=O)CNS(C)(=O)=O)C1. The minimum Gasteiger partial charge on any atom is -0.381 e. The van der Waals surface area contributed by atoms with Gasteiger partial charge < -0.3 is 9.64 Å². The van der Waals surface area contributed by atoms with Crippen molar-refractivity contribution in [3.63, 3.8) is 0 Å². The second kappa shape index (κ2) is 7.06. The van der Waals surface area contributed by atoms with Crippen LogP contribution in [0.2, 0.25) is 0 Å². The first kappa shape index (κ1) is 15.4. The van der Waals surface area contributed by atoms with Crippen LogP contribution in [-0.4, -0.2) is 58.3 Å². The zero-order chi connectivity index (χ0) is 13.6. The number of carbonyl (C=O) groups excluding carboxylic acids is 1. The van der Waals surface area contributed by atoms with Gasteiger partial charge >= 0.3 is 0 Å². The molecule has 0 saturated carbocycles. The van der Waals surface area contributed by atoms with Crippen molar-refractivity contribution in [3.8, 4) is 0 Å². The number of hydrogen-bond donors (Lipinski definition) is 1. The first-order valence-corrected chi connectivity index (χ1v) is 8.11. The molecule has 0 spiro atoms. The van der Waals surface area contributed by atoms with E-state index in [0.29, 0.717) is 25.6 Å². The number of carbonyl (C=O) groups is 1. The summed E-state index contributed by atoms with van der Waals surface area (Å²) in [7, 11) is -3.30. The van der Waals surface area contributed by atoms with Crippen molar-refractivity contribution in [1.29, 1.82) is 0 Å². The van der Waals surface area contributed by atoms with Crippen LogP contribution in [0.15, 0.2) is 0 Å². The second-order valence-electron chi connectivity index (χ2n) is 4.66. The summed E-state index contributed by atoms with van der Waals surface area (Å²) in [6, 6.07) is 0. The van der Waals surface area contributed by atoms with E-state index in [1.54, 1.807) is 4.90 Å². The molecule has 0 aromatic rings. The van der Waals surface area contributed by atoms with Crippen LogP contribution in [0.5, 0.6) is 0 Å². The van der Waals surface area contributed by atoms with E-state index in [-0.39, 0.29) is 12.5 Å². The molecule has 1 aliphatic rings. The van der Waals surface area contributed by atoms with Gasteiger partial charge in [-0.3, -0.25) is 4.79 Å². The molecule has 0 radical (unpaired) electrons. The molecule has 106 valence electrons. The molecule has 0 unspecified atom stereocenters. The Balaban J connectivity index is 2.26. The Kier molecular flexibility index (Phi) is 6.04. The molecular formula is C11H22N2O4S. The average Bonchev–Trinajstić information content (AvgIpc) is 2.74. The zero-order valence-corrected chi connectivity index (χ0v) is 11.8. The third-order valence-corrected chi connectivity index (χ3v) is 3.49. The molecule has 0 aromatic heterocycles. The molecule has 1 atom stereocenters. The van der Waals surface area contributed by atoms with Crippen molar-refractivity contribution in [3.05, 3.63) is 0 Å². The lowest BCUT2D eigenvalue weighted by atomic mass is 10.1. The summed E-state index contributed by atoms with van der Waals surface area (Å²) in [6.07, 6.45) is 2.97. The third kappa shape index (κ3) is 5.79. The number of amides is 1. The normalized spacial score (nSPS) is 20.3. The number of hydrogen-bond acceptors (Lipinski definition) is 4. The first-order valence-electron chi connectivity index (χ1n) is 6.22. The van der Waals surface area contributed by atoms with Gasteiger partial charge in [0, 0.05) is 25.6 Å². The fraction of sp³-hybridized carbons (Fsp3) is 0.909. The standard InChI is InChI=1S/C11H22N2O4S/c1-3-6-17-9-10-4-5-13(8-10)11(14)7-12-18(2,15)16/h10,12H,3-9H2,1-2H3/t10-/m0/s1. The van der Waals surface area contributed by atoms with E-state index in [2.05, 4.69) is 11.6 Å². The van der Waals surface area contributed by atoms with Gasteiger partial charge in [0.2, 0.25) is 15.9 Å². The lowest BCUT2D eigenvalue weighted by molar-refractivity contribution is -0.129. The topological polar surface area (TPSA) is 75.7 Å². The predicted molar refractivity (Wildman–Crippen MR) is 68.6 cm³/mol. The number of nitrogens with zero attached hydrogens (tertiary/aromatic N) is 1. The van der Waals surface area contributed by atoms with Gasteiger partial charge in [-0.1, -0.05) is 6.92 Å². The Hall–Kier alpha value is -0.660. The summed E-state index contributed by atoms with van der Waals surface area (Å²) < 4.78 is 29.4. The van der Waals surface area contributed by atoms with Gasteiger partial charge in [0.15, 0.2) is 0 Å². The van der Waals surface area contributed by atoms with E-state index >= 15 is 0 Å². The van der Waals surface area contributed by atoms with E-state index in [1.807, 2.05) is 0 Å². The van der Waals surface area contributed by atoms with Gasteiger partial charge in [-0.05, 0) is 12.8 Å². The quantitative estimate of drug-likeness (QED) is 0.655. The summed E-state index contributed by atoms with van der Waals surface area (Å²) in [5, 5.41) is 0. The van der Waals surface area contributed by atoms with Gasteiger partial charge in [-0.2, -0.15) is 0 Å². The number of nitrogens with one attached hydrogen (secondary N) is 1. The third-order valence-electron chi connectivity index (χ3n) is 2.83. The highest BCUT2D eigenvalue weighted by molar-refractivity contribution is 7.88. The van der Waals surface area contributed by atoms with Crippen LogP contribution in [0.25, 0.3) is 0 Å². The lowest BCUT2D eigenvalue weighted by Gasteiger charge is -2.16. The van der Waals surface area contributed by atoms with E-state index in [4.69, 9.17) is 4.74 Å². The van der Waals surface area contributed by atoms with Crippen LogP contribution in [-0.2, 0) is 19.6 Å². The predicted octanol–water partition coefficient (Wildman–Crippen LogP) is -0.189. The summed E-state index contributed by atoms with van der Waals surface area (Å²) in [5.74, 6) is 0.206. The Morgan fingerprint density at radius 1 is 1.50 bits per heavy atom. The zero-order valence-electron chi connectivity index (χ0n) is 11.0. The monoisotopic (exact) mass is 278 g/mol. The maximum atomic E-state index is 11.7. The van der Waals surface area contributed by atoms with Gasteiger partial charge in [0.05, 0.1) is 19.4 Å². The van der Waals surface area contributed by atoms with Crippen molar-refractivity contribution in [2.24, 2.45) is 5.92 Å². The van der Waals surface area contributed by atoms with Crippen LogP contribution in [0.4, 0.5) is 0 Å². The van der Waals surface area contributed by atoms with Crippen LogP contribution in [0.1, 0.15) is 19.8 Å². The molecule has 1 amide bonds. The van der Waals surface area contributed by atoms with Crippen molar-refractivity contribution in [2.45, 2.75) is 19.8 Å². The Morgan fingerprint density at radius 3 is 2.83 bits per heavy atom. The maximum Gasteiger partial charge on any atom is 0.237 e. The van der Waals surface area contributed by atoms with E-state index < -0.39 is 10.0 Å². The summed E-state index contributed by atoms with van der Waals surface area (Å²) in [5.41, 5.74) is 0. The highest BCUT2D eigenvalue weighted by atomic mass is 32.2. The van der Waals surface area contributed by atoms with Crippen LogP contribution in [0.3, 0.4) is 0 Å². The van der Waals surface area contributed by atoms with Crippen molar-refractivity contribution in [1.82, 2.24) is 9.62 Å². The summed E-state index contributed by atoms with van der Waals surface area (Å²) >= 11 is 0. The highest BCUT2D eigenvalue weighted by Gasteiger charge is 2.26. The molecule has 1 saturated heterocycles. The average molecular weight is 278 g/mol. The molecule has 7 heteroatoms. The second-order valence-corrected chi connectivity index (χ2v) is 6.50. The number of likely N-dealkylation sites (tertiary alicyclic amines) is 1. The maximum absolute atomic E-state index is 11.7. The smallest absolute Gasteiger partial charge is 0.237 e. The van der Waals surface area contributed by atoms with Crippen LogP contribution in [0, 0.1) is 5.92 Å². The van der Waals surface area contributed by atoms with Crippen molar-refractivity contribution < 1.29 is 17.9 Å². The van der Waals surface area contributed by atoms with Crippen molar-refractivity contribution >= 4 is 15.9 Å². The first-order chi connectivity index (χ1) is 8.42. The van der Waals surface area contributed by atoms with Crippen molar-refractivity contribution in [2.75, 3.05) is 39.1 Å². The fourth-order valence-corrected chi connectivity index (χ4v) is 2.28. The highest BCUT2D eigenvalue weighted by Crippen LogP contribution is 2.16.